The van der Waals surface area contributed by atoms with Crippen LogP contribution in [0.2, 0.25) is 0 Å². The van der Waals surface area contributed by atoms with Crippen molar-refractivity contribution >= 4 is 22.2 Å². The van der Waals surface area contributed by atoms with Crippen molar-refractivity contribution in [3.05, 3.63) is 41.7 Å². The molecule has 0 spiro atoms. The Kier molecular flexibility index (Phi) is 4.33. The highest BCUT2D eigenvalue weighted by molar-refractivity contribution is 7.15. The maximum absolute atomic E-state index is 12.8. The third-order valence-electron chi connectivity index (χ3n) is 4.87. The summed E-state index contributed by atoms with van der Waals surface area (Å²) in [5.74, 6) is 1.59. The zero-order valence-corrected chi connectivity index (χ0v) is 15.4. The predicted octanol–water partition coefficient (Wildman–Crippen LogP) is 3.12. The Hall–Kier alpha value is -2.15. The van der Waals surface area contributed by atoms with E-state index in [9.17, 15) is 4.79 Å². The van der Waals surface area contributed by atoms with E-state index in [0.717, 1.165) is 42.4 Å². The number of carbonyl (C=O) groups is 1. The van der Waals surface area contributed by atoms with Gasteiger partial charge in [0.25, 0.3) is 0 Å². The van der Waals surface area contributed by atoms with Crippen molar-refractivity contribution in [3.8, 4) is 0 Å². The number of thiazole rings is 1. The summed E-state index contributed by atoms with van der Waals surface area (Å²) in [6.07, 6.45) is 10.3. The highest BCUT2D eigenvalue weighted by Gasteiger charge is 2.28. The summed E-state index contributed by atoms with van der Waals surface area (Å²) in [6.45, 7) is 5.92. The fourth-order valence-electron chi connectivity index (χ4n) is 3.62. The molecule has 4 heterocycles. The van der Waals surface area contributed by atoms with Crippen LogP contribution in [-0.4, -0.2) is 42.8 Å². The molecule has 1 aliphatic heterocycles. The van der Waals surface area contributed by atoms with Gasteiger partial charge >= 0.3 is 0 Å². The normalized spacial score (nSPS) is 18.4. The molecule has 0 unspecified atom stereocenters. The second-order valence-corrected chi connectivity index (χ2v) is 7.84. The van der Waals surface area contributed by atoms with Gasteiger partial charge in [0.15, 0.2) is 4.96 Å². The monoisotopic (exact) mass is 357 g/mol. The standard InChI is InChI=1S/C18H23N5OS/c1-13(2)23-7-5-19-17(23)14-4-3-6-21(11-14)16(24)10-15-12-22-8-9-25-18(22)20-15/h5,7-9,12-14H,3-4,6,10-11H2,1-2H3/t14-/m0/s1. The minimum Gasteiger partial charge on any atom is -0.342 e. The van der Waals surface area contributed by atoms with Crippen molar-refractivity contribution in [1.82, 2.24) is 23.8 Å². The molecule has 0 bridgehead atoms. The van der Waals surface area contributed by atoms with Crippen LogP contribution in [0.4, 0.5) is 0 Å². The first-order chi connectivity index (χ1) is 12.1. The summed E-state index contributed by atoms with van der Waals surface area (Å²) >= 11 is 1.59. The van der Waals surface area contributed by atoms with Gasteiger partial charge in [0.2, 0.25) is 5.91 Å². The molecule has 1 aliphatic rings. The van der Waals surface area contributed by atoms with Gasteiger partial charge in [-0.25, -0.2) is 9.97 Å². The van der Waals surface area contributed by atoms with Gasteiger partial charge in [-0.3, -0.25) is 9.20 Å². The van der Waals surface area contributed by atoms with E-state index in [1.54, 1.807) is 11.3 Å². The number of hydrogen-bond acceptors (Lipinski definition) is 4. The topological polar surface area (TPSA) is 55.4 Å². The lowest BCUT2D eigenvalue weighted by molar-refractivity contribution is -0.131. The van der Waals surface area contributed by atoms with Gasteiger partial charge < -0.3 is 9.47 Å². The molecule has 1 atom stereocenters. The van der Waals surface area contributed by atoms with Crippen LogP contribution >= 0.6 is 11.3 Å². The van der Waals surface area contributed by atoms with E-state index in [0.29, 0.717) is 18.4 Å². The third-order valence-corrected chi connectivity index (χ3v) is 5.64. The summed E-state index contributed by atoms with van der Waals surface area (Å²) in [5, 5.41) is 2.00. The number of nitrogens with zero attached hydrogens (tertiary/aromatic N) is 5. The van der Waals surface area contributed by atoms with Crippen molar-refractivity contribution in [1.29, 1.82) is 0 Å². The molecule has 4 rings (SSSR count). The first kappa shape index (κ1) is 16.3. The minimum atomic E-state index is 0.165. The zero-order valence-electron chi connectivity index (χ0n) is 14.6. The van der Waals surface area contributed by atoms with Gasteiger partial charge in [0, 0.05) is 55.2 Å². The number of likely N-dealkylation sites (tertiary alicyclic amines) is 1. The molecule has 3 aromatic rings. The predicted molar refractivity (Wildman–Crippen MR) is 97.9 cm³/mol. The fourth-order valence-corrected chi connectivity index (χ4v) is 4.34. The minimum absolute atomic E-state index is 0.165. The number of piperidine rings is 1. The van der Waals surface area contributed by atoms with Crippen LogP contribution in [0.5, 0.6) is 0 Å². The van der Waals surface area contributed by atoms with Crippen LogP contribution in [0.3, 0.4) is 0 Å². The fraction of sp³-hybridized carbons (Fsp3) is 0.500. The number of rotatable bonds is 4. The van der Waals surface area contributed by atoms with Crippen LogP contribution in [0.25, 0.3) is 4.96 Å². The average molecular weight is 357 g/mol. The lowest BCUT2D eigenvalue weighted by Crippen LogP contribution is -2.40. The third kappa shape index (κ3) is 3.20. The molecule has 7 heteroatoms. The van der Waals surface area contributed by atoms with Crippen molar-refractivity contribution < 1.29 is 4.79 Å². The SMILES string of the molecule is CC(C)n1ccnc1[C@H]1CCCN(C(=O)Cc2cn3ccsc3n2)C1. The second-order valence-electron chi connectivity index (χ2n) is 6.97. The number of amides is 1. The first-order valence-corrected chi connectivity index (χ1v) is 9.71. The van der Waals surface area contributed by atoms with E-state index in [-0.39, 0.29) is 5.91 Å². The molecule has 25 heavy (non-hydrogen) atoms. The number of fused-ring (bicyclic) bond motifs is 1. The zero-order chi connectivity index (χ0) is 17.4. The summed E-state index contributed by atoms with van der Waals surface area (Å²) in [5.41, 5.74) is 0.850. The van der Waals surface area contributed by atoms with Gasteiger partial charge in [-0.2, -0.15) is 0 Å². The van der Waals surface area contributed by atoms with E-state index < -0.39 is 0 Å². The number of imidazole rings is 2. The van der Waals surface area contributed by atoms with Crippen LogP contribution in [0, 0.1) is 0 Å². The van der Waals surface area contributed by atoms with Crippen LogP contribution in [0.1, 0.15) is 50.2 Å². The molecule has 0 aliphatic carbocycles. The van der Waals surface area contributed by atoms with Crippen LogP contribution in [-0.2, 0) is 11.2 Å². The molecule has 3 aromatic heterocycles. The smallest absolute Gasteiger partial charge is 0.228 e. The van der Waals surface area contributed by atoms with E-state index >= 15 is 0 Å². The molecule has 0 radical (unpaired) electrons. The molecular formula is C18H23N5OS. The Morgan fingerprint density at radius 1 is 1.40 bits per heavy atom. The Morgan fingerprint density at radius 2 is 2.28 bits per heavy atom. The molecule has 132 valence electrons. The van der Waals surface area contributed by atoms with E-state index in [1.165, 1.54) is 0 Å². The number of aromatic nitrogens is 4. The molecule has 0 aromatic carbocycles. The van der Waals surface area contributed by atoms with Gasteiger partial charge in [-0.05, 0) is 26.7 Å². The van der Waals surface area contributed by atoms with Crippen molar-refractivity contribution in [3.63, 3.8) is 0 Å². The summed E-state index contributed by atoms with van der Waals surface area (Å²) in [4.78, 5) is 24.8. The number of hydrogen-bond donors (Lipinski definition) is 0. The van der Waals surface area contributed by atoms with Crippen LogP contribution in [0.15, 0.2) is 30.2 Å². The summed E-state index contributed by atoms with van der Waals surface area (Å²) in [6, 6.07) is 0.391. The van der Waals surface area contributed by atoms with Crippen LogP contribution < -0.4 is 0 Å². The summed E-state index contributed by atoms with van der Waals surface area (Å²) in [7, 11) is 0. The maximum atomic E-state index is 12.8. The van der Waals surface area contributed by atoms with Gasteiger partial charge in [0.05, 0.1) is 12.1 Å². The molecule has 1 saturated heterocycles. The average Bonchev–Trinajstić information content (AvgIpc) is 3.30. The molecule has 1 fully saturated rings. The van der Waals surface area contributed by atoms with E-state index in [4.69, 9.17) is 0 Å². The Labute approximate surface area is 151 Å². The van der Waals surface area contributed by atoms with Gasteiger partial charge in [0.1, 0.15) is 5.82 Å². The van der Waals surface area contributed by atoms with Gasteiger partial charge in [-0.15, -0.1) is 11.3 Å². The molecular weight excluding hydrogens is 334 g/mol. The molecule has 0 saturated carbocycles. The quantitative estimate of drug-likeness (QED) is 0.721. The van der Waals surface area contributed by atoms with Gasteiger partial charge in [-0.1, -0.05) is 0 Å². The Balaban J connectivity index is 1.46. The summed E-state index contributed by atoms with van der Waals surface area (Å²) < 4.78 is 4.20. The maximum Gasteiger partial charge on any atom is 0.228 e. The van der Waals surface area contributed by atoms with E-state index in [1.807, 2.05) is 39.5 Å². The van der Waals surface area contributed by atoms with Crippen molar-refractivity contribution in [2.24, 2.45) is 0 Å². The molecule has 1 amide bonds. The highest BCUT2D eigenvalue weighted by atomic mass is 32.1. The largest absolute Gasteiger partial charge is 0.342 e. The Bertz CT molecular complexity index is 848. The first-order valence-electron chi connectivity index (χ1n) is 8.83. The molecule has 6 nitrogen and oxygen atoms in total. The van der Waals surface area contributed by atoms with Crippen molar-refractivity contribution in [2.45, 2.75) is 45.1 Å². The lowest BCUT2D eigenvalue weighted by Gasteiger charge is -2.33. The highest BCUT2D eigenvalue weighted by Crippen LogP contribution is 2.28. The number of carbonyl (C=O) groups excluding carboxylic acids is 1. The lowest BCUT2D eigenvalue weighted by atomic mass is 9.96. The van der Waals surface area contributed by atoms with Crippen molar-refractivity contribution in [2.75, 3.05) is 13.1 Å². The molecule has 0 N–H and O–H groups in total. The second kappa shape index (κ2) is 6.63. The Morgan fingerprint density at radius 3 is 3.08 bits per heavy atom. The van der Waals surface area contributed by atoms with E-state index in [2.05, 4.69) is 28.4 Å².